The van der Waals surface area contributed by atoms with Crippen LogP contribution in [0.2, 0.25) is 0 Å². The van der Waals surface area contributed by atoms with E-state index in [0.717, 1.165) is 22.8 Å². The number of nitrogens with one attached hydrogen (secondary N) is 2. The lowest BCUT2D eigenvalue weighted by molar-refractivity contribution is -0.136. The molecule has 0 saturated carbocycles. The third-order valence-electron chi connectivity index (χ3n) is 4.80. The zero-order chi connectivity index (χ0) is 19.4. The summed E-state index contributed by atoms with van der Waals surface area (Å²) in [4.78, 5) is 12.4. The van der Waals surface area contributed by atoms with Crippen molar-refractivity contribution in [3.63, 3.8) is 0 Å². The topological polar surface area (TPSA) is 50.4 Å². The van der Waals surface area contributed by atoms with E-state index in [1.165, 1.54) is 23.8 Å². The molecule has 0 atom stereocenters. The van der Waals surface area contributed by atoms with Crippen LogP contribution in [0.3, 0.4) is 0 Å². The van der Waals surface area contributed by atoms with Crippen molar-refractivity contribution in [3.8, 4) is 0 Å². The molecule has 1 aliphatic carbocycles. The number of aryl methyl sites for hydroxylation is 2. The first-order chi connectivity index (χ1) is 13.0. The SMILES string of the molecule is COC(=O)C1=C(Nc2ccc(C)cc2)CC(C)=C(Nc2ccc(C)cc2)C1. The van der Waals surface area contributed by atoms with Gasteiger partial charge in [-0.15, -0.1) is 0 Å². The highest BCUT2D eigenvalue weighted by Gasteiger charge is 2.24. The van der Waals surface area contributed by atoms with Crippen LogP contribution >= 0.6 is 0 Å². The first kappa shape index (κ1) is 18.8. The molecule has 0 bridgehead atoms. The molecule has 0 fully saturated rings. The molecule has 0 heterocycles. The number of benzene rings is 2. The maximum absolute atomic E-state index is 12.4. The minimum absolute atomic E-state index is 0.291. The van der Waals surface area contributed by atoms with E-state index in [0.29, 0.717) is 18.4 Å². The van der Waals surface area contributed by atoms with Gasteiger partial charge in [-0.1, -0.05) is 35.4 Å². The lowest BCUT2D eigenvalue weighted by Gasteiger charge is -2.25. The minimum Gasteiger partial charge on any atom is -0.466 e. The summed E-state index contributed by atoms with van der Waals surface area (Å²) in [7, 11) is 1.43. The first-order valence-corrected chi connectivity index (χ1v) is 9.12. The Morgan fingerprint density at radius 3 is 1.74 bits per heavy atom. The number of carbonyl (C=O) groups excluding carboxylic acids is 1. The number of rotatable bonds is 5. The molecule has 0 amide bonds. The van der Waals surface area contributed by atoms with Gasteiger partial charge >= 0.3 is 5.97 Å². The number of methoxy groups -OCH3 is 1. The number of carbonyl (C=O) groups is 1. The van der Waals surface area contributed by atoms with E-state index >= 15 is 0 Å². The van der Waals surface area contributed by atoms with Crippen molar-refractivity contribution < 1.29 is 9.53 Å². The smallest absolute Gasteiger partial charge is 0.335 e. The minimum atomic E-state index is -0.291. The molecule has 0 aromatic heterocycles. The zero-order valence-corrected chi connectivity index (χ0v) is 16.3. The number of allylic oxidation sites excluding steroid dienone is 2. The highest BCUT2D eigenvalue weighted by Crippen LogP contribution is 2.32. The molecular weight excluding hydrogens is 336 g/mol. The van der Waals surface area contributed by atoms with Gasteiger partial charge in [0.25, 0.3) is 0 Å². The molecule has 0 aliphatic heterocycles. The molecule has 4 heteroatoms. The van der Waals surface area contributed by atoms with E-state index in [1.807, 2.05) is 12.1 Å². The molecule has 140 valence electrons. The maximum atomic E-state index is 12.4. The van der Waals surface area contributed by atoms with E-state index in [1.54, 1.807) is 0 Å². The molecule has 0 unspecified atom stereocenters. The van der Waals surface area contributed by atoms with Gasteiger partial charge in [0.2, 0.25) is 0 Å². The average Bonchev–Trinajstić information content (AvgIpc) is 2.66. The van der Waals surface area contributed by atoms with Crippen molar-refractivity contribution in [2.45, 2.75) is 33.6 Å². The number of hydrogen-bond acceptors (Lipinski definition) is 4. The van der Waals surface area contributed by atoms with Gasteiger partial charge in [-0.25, -0.2) is 4.79 Å². The van der Waals surface area contributed by atoms with Gasteiger partial charge in [0.15, 0.2) is 0 Å². The molecule has 3 rings (SSSR count). The van der Waals surface area contributed by atoms with E-state index in [4.69, 9.17) is 4.74 Å². The molecule has 0 spiro atoms. The van der Waals surface area contributed by atoms with Crippen LogP contribution in [0.5, 0.6) is 0 Å². The van der Waals surface area contributed by atoms with Gasteiger partial charge in [0.1, 0.15) is 0 Å². The molecule has 2 N–H and O–H groups in total. The Hall–Kier alpha value is -3.01. The van der Waals surface area contributed by atoms with Gasteiger partial charge in [0.05, 0.1) is 12.7 Å². The summed E-state index contributed by atoms with van der Waals surface area (Å²) in [6.45, 7) is 6.22. The van der Waals surface area contributed by atoms with Crippen LogP contribution in [0.15, 0.2) is 71.1 Å². The molecule has 4 nitrogen and oxygen atoms in total. The largest absolute Gasteiger partial charge is 0.466 e. The van der Waals surface area contributed by atoms with Crippen molar-refractivity contribution in [2.24, 2.45) is 0 Å². The van der Waals surface area contributed by atoms with Gasteiger partial charge in [-0.05, 0) is 50.6 Å². The first-order valence-electron chi connectivity index (χ1n) is 9.12. The Balaban J connectivity index is 1.84. The summed E-state index contributed by atoms with van der Waals surface area (Å²) in [5.74, 6) is -0.291. The summed E-state index contributed by atoms with van der Waals surface area (Å²) >= 11 is 0. The normalized spacial score (nSPS) is 14.2. The van der Waals surface area contributed by atoms with Crippen LogP contribution in [0.1, 0.15) is 30.9 Å². The lowest BCUT2D eigenvalue weighted by atomic mass is 9.93. The summed E-state index contributed by atoms with van der Waals surface area (Å²) in [5.41, 5.74) is 8.23. The monoisotopic (exact) mass is 362 g/mol. The second-order valence-corrected chi connectivity index (χ2v) is 7.04. The predicted molar refractivity (Wildman–Crippen MR) is 111 cm³/mol. The van der Waals surface area contributed by atoms with Crippen LogP contribution in [-0.2, 0) is 9.53 Å². The van der Waals surface area contributed by atoms with Gasteiger partial charge in [-0.3, -0.25) is 0 Å². The molecule has 2 aromatic carbocycles. The molecule has 0 saturated heterocycles. The Kier molecular flexibility index (Phi) is 5.65. The van der Waals surface area contributed by atoms with Crippen LogP contribution in [0, 0.1) is 13.8 Å². The van der Waals surface area contributed by atoms with Gasteiger partial charge in [-0.2, -0.15) is 0 Å². The summed E-state index contributed by atoms with van der Waals surface area (Å²) < 4.78 is 5.04. The van der Waals surface area contributed by atoms with E-state index in [9.17, 15) is 4.79 Å². The molecular formula is C23H26N2O2. The number of hydrogen-bond donors (Lipinski definition) is 2. The van der Waals surface area contributed by atoms with Crippen LogP contribution in [0.4, 0.5) is 11.4 Å². The van der Waals surface area contributed by atoms with Crippen LogP contribution in [-0.4, -0.2) is 13.1 Å². The summed E-state index contributed by atoms with van der Waals surface area (Å²) in [6, 6.07) is 16.4. The third kappa shape index (κ3) is 4.59. The average molecular weight is 362 g/mol. The second-order valence-electron chi connectivity index (χ2n) is 7.04. The number of anilines is 2. The quantitative estimate of drug-likeness (QED) is 0.707. The van der Waals surface area contributed by atoms with Crippen molar-refractivity contribution >= 4 is 17.3 Å². The lowest BCUT2D eigenvalue weighted by Crippen LogP contribution is -2.20. The fourth-order valence-corrected chi connectivity index (χ4v) is 3.12. The maximum Gasteiger partial charge on any atom is 0.335 e. The van der Waals surface area contributed by atoms with Crippen molar-refractivity contribution in [1.29, 1.82) is 0 Å². The summed E-state index contributed by atoms with van der Waals surface area (Å²) in [6.07, 6.45) is 1.19. The molecule has 1 aliphatic rings. The highest BCUT2D eigenvalue weighted by molar-refractivity contribution is 5.91. The fraction of sp³-hybridized carbons (Fsp3) is 0.261. The Morgan fingerprint density at radius 1 is 0.778 bits per heavy atom. The van der Waals surface area contributed by atoms with Crippen LogP contribution < -0.4 is 10.6 Å². The van der Waals surface area contributed by atoms with Gasteiger partial charge < -0.3 is 15.4 Å². The van der Waals surface area contributed by atoms with Crippen molar-refractivity contribution in [2.75, 3.05) is 17.7 Å². The fourth-order valence-electron chi connectivity index (χ4n) is 3.12. The molecule has 2 aromatic rings. The summed E-state index contributed by atoms with van der Waals surface area (Å²) in [5, 5.41) is 6.88. The highest BCUT2D eigenvalue weighted by atomic mass is 16.5. The standard InChI is InChI=1S/C23H26N2O2/c1-15-5-9-18(10-6-15)24-21-14-20(23(26)27-4)22(13-17(21)3)25-19-11-7-16(2)8-12-19/h5-12,24-25H,13-14H2,1-4H3. The van der Waals surface area contributed by atoms with E-state index < -0.39 is 0 Å². The van der Waals surface area contributed by atoms with E-state index in [2.05, 4.69) is 67.8 Å². The van der Waals surface area contributed by atoms with Crippen LogP contribution in [0.25, 0.3) is 0 Å². The third-order valence-corrected chi connectivity index (χ3v) is 4.80. The molecule has 27 heavy (non-hydrogen) atoms. The Bertz CT molecular complexity index is 891. The van der Waals surface area contributed by atoms with Gasteiger partial charge in [0, 0.05) is 35.6 Å². The van der Waals surface area contributed by atoms with E-state index in [-0.39, 0.29) is 5.97 Å². The van der Waals surface area contributed by atoms with Crippen molar-refractivity contribution in [1.82, 2.24) is 0 Å². The predicted octanol–water partition coefficient (Wildman–Crippen LogP) is 5.32. The zero-order valence-electron chi connectivity index (χ0n) is 16.3. The Morgan fingerprint density at radius 2 is 1.26 bits per heavy atom. The van der Waals surface area contributed by atoms with Crippen molar-refractivity contribution in [3.05, 3.63) is 82.2 Å². The number of ether oxygens (including phenoxy) is 1. The second kappa shape index (κ2) is 8.12. The Labute approximate surface area is 160 Å². The number of esters is 1. The molecule has 0 radical (unpaired) electrons.